The number of nitrogens with one attached hydrogen (secondary N) is 3. The summed E-state index contributed by atoms with van der Waals surface area (Å²) in [5.74, 6) is -0.852. The highest BCUT2D eigenvalue weighted by atomic mass is 16.7. The van der Waals surface area contributed by atoms with E-state index in [1.165, 1.54) is 6.92 Å². The molecule has 14 nitrogen and oxygen atoms in total. The number of hydroxylamine groups is 3. The van der Waals surface area contributed by atoms with Gasteiger partial charge in [0.2, 0.25) is 13.2 Å². The van der Waals surface area contributed by atoms with Crippen LogP contribution in [0.1, 0.15) is 59.9 Å². The Balaban J connectivity index is 2.31. The van der Waals surface area contributed by atoms with Crippen LogP contribution in [0, 0.1) is 19.1 Å². The van der Waals surface area contributed by atoms with Crippen molar-refractivity contribution in [1.82, 2.24) is 15.6 Å². The first-order chi connectivity index (χ1) is 19.5. The number of esters is 1. The van der Waals surface area contributed by atoms with Gasteiger partial charge in [-0.25, -0.2) is 14.8 Å². The van der Waals surface area contributed by atoms with Gasteiger partial charge in [0, 0.05) is 23.9 Å². The van der Waals surface area contributed by atoms with Crippen LogP contribution in [0.4, 0.5) is 10.5 Å². The van der Waals surface area contributed by atoms with Crippen LogP contribution < -0.4 is 16.4 Å². The van der Waals surface area contributed by atoms with Gasteiger partial charge in [0.15, 0.2) is 5.84 Å². The van der Waals surface area contributed by atoms with Gasteiger partial charge in [0.05, 0.1) is 24.3 Å². The van der Waals surface area contributed by atoms with Crippen molar-refractivity contribution in [2.24, 2.45) is 15.7 Å². The maximum Gasteiger partial charge on any atom is 0.519 e. The number of hydrogen-bond acceptors (Lipinski definition) is 8. The minimum atomic E-state index is -1.37. The van der Waals surface area contributed by atoms with Gasteiger partial charge in [0.25, 0.3) is 5.91 Å². The minimum Gasteiger partial charge on any atom is -0.622 e. The van der Waals surface area contributed by atoms with Crippen molar-refractivity contribution >= 4 is 42.2 Å². The summed E-state index contributed by atoms with van der Waals surface area (Å²) in [4.78, 5) is 59.2. The molecule has 5 N–H and O–H groups in total. The predicted octanol–water partition coefficient (Wildman–Crippen LogP) is 2.44. The predicted molar refractivity (Wildman–Crippen MR) is 152 cm³/mol. The van der Waals surface area contributed by atoms with Gasteiger partial charge < -0.3 is 36.0 Å². The fourth-order valence-electron chi connectivity index (χ4n) is 3.82. The molecule has 0 saturated carbocycles. The average Bonchev–Trinajstić information content (AvgIpc) is 3.28. The van der Waals surface area contributed by atoms with Gasteiger partial charge >= 0.3 is 12.1 Å². The number of carbonyl (C=O) groups excluding carboxylic acids is 4. The molecule has 0 fully saturated rings. The third-order valence-electron chi connectivity index (χ3n) is 6.10. The van der Waals surface area contributed by atoms with Crippen LogP contribution in [0.3, 0.4) is 0 Å². The molecule has 0 aliphatic heterocycles. The Hall–Kier alpha value is -4.56. The Labute approximate surface area is 238 Å². The second-order valence-corrected chi connectivity index (χ2v) is 9.16. The van der Waals surface area contributed by atoms with E-state index in [9.17, 15) is 24.4 Å². The summed E-state index contributed by atoms with van der Waals surface area (Å²) in [6.07, 6.45) is 2.23. The number of carbonyl (C=O) groups is 4. The van der Waals surface area contributed by atoms with Gasteiger partial charge in [-0.1, -0.05) is 13.0 Å². The Morgan fingerprint density at radius 1 is 1.22 bits per heavy atom. The number of nitrogens with zero attached hydrogens (tertiary/aromatic N) is 3. The zero-order valence-corrected chi connectivity index (χ0v) is 23.9. The Kier molecular flexibility index (Phi) is 12.2. The van der Waals surface area contributed by atoms with Crippen molar-refractivity contribution in [2.45, 2.75) is 53.6 Å². The fourth-order valence-corrected chi connectivity index (χ4v) is 3.82. The van der Waals surface area contributed by atoms with Crippen molar-refractivity contribution < 1.29 is 33.3 Å². The topological polar surface area (TPSA) is 200 Å². The summed E-state index contributed by atoms with van der Waals surface area (Å²) in [7, 11) is 0. The summed E-state index contributed by atoms with van der Waals surface area (Å²) >= 11 is 0. The molecular formula is C27H37N7O7. The number of quaternary nitrogens is 1. The molecule has 3 amide bonds. The van der Waals surface area contributed by atoms with Crippen LogP contribution in [0.2, 0.25) is 0 Å². The standard InChI is InChI=1S/C27H37N7O7/c1-6-10-34(39,27(38)41-16-40-26(37)19(5)32-15-35)13-21-12-30-23(18(21)4)24(31-14-28)33-22-11-20(9-8-17(22)3)25(36)29-7-2/h8-9,11-12,14-15,19,30H,6-7,10,13,16H2,1-5H3,(H,29,36)(H,32,35)(H2,28,31,33). The van der Waals surface area contributed by atoms with Crippen LogP contribution in [-0.2, 0) is 25.6 Å². The highest BCUT2D eigenvalue weighted by Crippen LogP contribution is 2.25. The van der Waals surface area contributed by atoms with E-state index in [1.54, 1.807) is 38.2 Å². The second-order valence-electron chi connectivity index (χ2n) is 9.16. The van der Waals surface area contributed by atoms with Gasteiger partial charge in [-0.05, 0) is 57.4 Å². The number of aromatic amines is 1. The molecule has 0 aliphatic carbocycles. The zero-order valence-electron chi connectivity index (χ0n) is 23.9. The summed E-state index contributed by atoms with van der Waals surface area (Å²) in [5, 5.41) is 18.5. The lowest BCUT2D eigenvalue weighted by molar-refractivity contribution is -0.822. The molecule has 0 aliphatic rings. The number of amidine groups is 1. The first-order valence-electron chi connectivity index (χ1n) is 13.0. The molecule has 0 spiro atoms. The first kappa shape index (κ1) is 32.7. The molecule has 222 valence electrons. The number of aromatic nitrogens is 1. The molecule has 1 aromatic heterocycles. The van der Waals surface area contributed by atoms with Gasteiger partial charge in [-0.2, -0.15) is 4.79 Å². The van der Waals surface area contributed by atoms with E-state index in [4.69, 9.17) is 15.2 Å². The Morgan fingerprint density at radius 2 is 1.95 bits per heavy atom. The Morgan fingerprint density at radius 3 is 2.59 bits per heavy atom. The molecular weight excluding hydrogens is 534 g/mol. The molecule has 41 heavy (non-hydrogen) atoms. The van der Waals surface area contributed by atoms with E-state index >= 15 is 0 Å². The summed E-state index contributed by atoms with van der Waals surface area (Å²) in [5.41, 5.74) is 8.90. The van der Waals surface area contributed by atoms with Crippen molar-refractivity contribution in [1.29, 1.82) is 0 Å². The minimum absolute atomic E-state index is 0.0937. The number of rotatable bonds is 13. The third kappa shape index (κ3) is 8.71. The molecule has 14 heteroatoms. The number of benzene rings is 1. The highest BCUT2D eigenvalue weighted by molar-refractivity contribution is 6.04. The van der Waals surface area contributed by atoms with E-state index in [2.05, 4.69) is 25.6 Å². The Bertz CT molecular complexity index is 1300. The van der Waals surface area contributed by atoms with Crippen LogP contribution in [0.15, 0.2) is 34.4 Å². The number of aryl methyl sites for hydroxylation is 1. The number of H-pyrrole nitrogens is 1. The van der Waals surface area contributed by atoms with E-state index in [0.29, 0.717) is 47.4 Å². The number of ether oxygens (including phenoxy) is 2. The molecule has 2 rings (SSSR count). The number of aliphatic imine (C=N–C) groups is 2. The zero-order chi connectivity index (χ0) is 30.6. The summed E-state index contributed by atoms with van der Waals surface area (Å²) in [6, 6.07) is 4.17. The molecule has 0 radical (unpaired) electrons. The molecule has 2 atom stereocenters. The van der Waals surface area contributed by atoms with Crippen molar-refractivity contribution in [2.75, 3.05) is 19.9 Å². The number of nitrogens with two attached hydrogens (primary N) is 1. The van der Waals surface area contributed by atoms with Crippen LogP contribution in [0.25, 0.3) is 0 Å². The quantitative estimate of drug-likeness (QED) is 0.0534. The van der Waals surface area contributed by atoms with Gasteiger partial charge in [0.1, 0.15) is 12.6 Å². The van der Waals surface area contributed by atoms with E-state index in [1.807, 2.05) is 13.8 Å². The average molecular weight is 572 g/mol. The summed E-state index contributed by atoms with van der Waals surface area (Å²) < 4.78 is 8.40. The van der Waals surface area contributed by atoms with Crippen molar-refractivity contribution in [3.05, 3.63) is 57.6 Å². The largest absolute Gasteiger partial charge is 0.622 e. The lowest BCUT2D eigenvalue weighted by Crippen LogP contribution is -2.48. The highest BCUT2D eigenvalue weighted by Gasteiger charge is 2.31. The molecule has 2 aromatic rings. The molecule has 2 unspecified atom stereocenters. The SMILES string of the molecule is CCC[N+]([O-])(Cc1c[nH]c(C(N=CN)=Nc2cc(C(=O)NCC)ccc2C)c1C)C(=O)OCOC(=O)C(C)NC=O. The van der Waals surface area contributed by atoms with Crippen molar-refractivity contribution in [3.63, 3.8) is 0 Å². The molecule has 1 heterocycles. The first-order valence-corrected chi connectivity index (χ1v) is 13.0. The van der Waals surface area contributed by atoms with E-state index in [-0.39, 0.29) is 24.8 Å². The normalized spacial score (nSPS) is 13.8. The van der Waals surface area contributed by atoms with Crippen molar-refractivity contribution in [3.8, 4) is 0 Å². The van der Waals surface area contributed by atoms with E-state index < -0.39 is 29.5 Å². The number of hydrogen-bond donors (Lipinski definition) is 4. The maximum absolute atomic E-state index is 13.6. The van der Waals surface area contributed by atoms with Gasteiger partial charge in [-0.3, -0.25) is 14.2 Å². The van der Waals surface area contributed by atoms with Gasteiger partial charge in [-0.15, -0.1) is 0 Å². The molecule has 1 aromatic carbocycles. The second kappa shape index (κ2) is 15.3. The lowest BCUT2D eigenvalue weighted by atomic mass is 10.1. The third-order valence-corrected chi connectivity index (χ3v) is 6.10. The molecule has 0 saturated heterocycles. The maximum atomic E-state index is 13.6. The molecule has 0 bridgehead atoms. The van der Waals surface area contributed by atoms with Crippen LogP contribution in [0.5, 0.6) is 0 Å². The number of amides is 3. The lowest BCUT2D eigenvalue weighted by Gasteiger charge is -2.37. The monoisotopic (exact) mass is 571 g/mol. The van der Waals surface area contributed by atoms with Crippen LogP contribution >= 0.6 is 0 Å². The fraction of sp³-hybridized carbons (Fsp3) is 0.407. The smallest absolute Gasteiger partial charge is 0.519 e. The van der Waals surface area contributed by atoms with Crippen LogP contribution in [-0.4, -0.2) is 72.1 Å². The summed E-state index contributed by atoms with van der Waals surface area (Å²) in [6.45, 7) is 7.88. The van der Waals surface area contributed by atoms with E-state index in [0.717, 1.165) is 11.9 Å².